The first-order valence-electron chi connectivity index (χ1n) is 7.85. The van der Waals surface area contributed by atoms with E-state index in [4.69, 9.17) is 5.26 Å². The summed E-state index contributed by atoms with van der Waals surface area (Å²) in [6, 6.07) is 7.08. The lowest BCUT2D eigenvalue weighted by Crippen LogP contribution is -2.27. The lowest BCUT2D eigenvalue weighted by atomic mass is 10.2. The molecule has 0 aromatic carbocycles. The number of carbonyl (C=O) groups excluding carboxylic acids is 1. The highest BCUT2D eigenvalue weighted by Crippen LogP contribution is 2.30. The number of nitriles is 1. The quantitative estimate of drug-likeness (QED) is 0.692. The van der Waals surface area contributed by atoms with Crippen LogP contribution in [0.5, 0.6) is 5.75 Å². The Balaban J connectivity index is 1.56. The Bertz CT molecular complexity index is 950. The van der Waals surface area contributed by atoms with E-state index in [9.17, 15) is 9.90 Å². The number of hydrogen-bond acceptors (Lipinski definition) is 7. The van der Waals surface area contributed by atoms with Crippen LogP contribution in [0.25, 0.3) is 10.7 Å². The zero-order chi connectivity index (χ0) is 18.4. The number of rotatable bonds is 6. The predicted molar refractivity (Wildman–Crippen MR) is 96.4 cm³/mol. The summed E-state index contributed by atoms with van der Waals surface area (Å²) in [5.74, 6) is -0.223. The summed E-state index contributed by atoms with van der Waals surface area (Å²) in [7, 11) is 0. The van der Waals surface area contributed by atoms with E-state index in [-0.39, 0.29) is 23.6 Å². The van der Waals surface area contributed by atoms with E-state index in [0.717, 1.165) is 12.0 Å². The Morgan fingerprint density at radius 1 is 1.35 bits per heavy atom. The summed E-state index contributed by atoms with van der Waals surface area (Å²) in [6.07, 6.45) is 5.71. The average molecular weight is 365 g/mol. The Morgan fingerprint density at radius 2 is 2.15 bits per heavy atom. The minimum absolute atomic E-state index is 0.105. The second-order valence-corrected chi connectivity index (χ2v) is 6.34. The van der Waals surface area contributed by atoms with Crippen molar-refractivity contribution in [2.24, 2.45) is 0 Å². The first-order chi connectivity index (χ1) is 12.7. The molecular formula is C18H15N5O2S. The van der Waals surface area contributed by atoms with Crippen LogP contribution in [-0.4, -0.2) is 32.5 Å². The average Bonchev–Trinajstić information content (AvgIpc) is 3.10. The van der Waals surface area contributed by atoms with Gasteiger partial charge in [0.15, 0.2) is 0 Å². The highest BCUT2D eigenvalue weighted by molar-refractivity contribution is 7.13. The molecule has 0 radical (unpaired) electrons. The number of hydrogen-bond donors (Lipinski definition) is 2. The van der Waals surface area contributed by atoms with E-state index in [1.54, 1.807) is 17.8 Å². The molecule has 0 aliphatic rings. The highest BCUT2D eigenvalue weighted by atomic mass is 32.1. The molecule has 3 rings (SSSR count). The Morgan fingerprint density at radius 3 is 2.88 bits per heavy atom. The molecule has 3 heterocycles. The standard InChI is InChI=1S/C18H15N5O2S/c19-9-13-7-15(24)17(22-10-13)18-23-14(11-26-18)8-16(25)21-6-3-12-1-4-20-5-2-12/h1-2,4-5,7,10-11,24H,3,6,8H2,(H,21,25). The van der Waals surface area contributed by atoms with Crippen LogP contribution in [0.3, 0.4) is 0 Å². The predicted octanol–water partition coefficient (Wildman–Crippen LogP) is 2.08. The van der Waals surface area contributed by atoms with Crippen molar-refractivity contribution in [2.45, 2.75) is 12.8 Å². The lowest BCUT2D eigenvalue weighted by Gasteiger charge is -2.04. The molecule has 0 bridgehead atoms. The van der Waals surface area contributed by atoms with Gasteiger partial charge in [0.05, 0.1) is 17.7 Å². The van der Waals surface area contributed by atoms with Gasteiger partial charge in [-0.1, -0.05) is 0 Å². The van der Waals surface area contributed by atoms with Gasteiger partial charge in [0, 0.05) is 36.6 Å². The Kier molecular flexibility index (Phi) is 5.51. The molecule has 0 spiro atoms. The van der Waals surface area contributed by atoms with Gasteiger partial charge in [-0.3, -0.25) is 9.78 Å². The molecule has 0 aliphatic carbocycles. The molecule has 7 nitrogen and oxygen atoms in total. The third-order valence-electron chi connectivity index (χ3n) is 3.58. The van der Waals surface area contributed by atoms with Crippen LogP contribution in [0.4, 0.5) is 0 Å². The zero-order valence-electron chi connectivity index (χ0n) is 13.7. The van der Waals surface area contributed by atoms with Gasteiger partial charge in [-0.2, -0.15) is 5.26 Å². The van der Waals surface area contributed by atoms with Crippen molar-refractivity contribution < 1.29 is 9.90 Å². The number of amides is 1. The third kappa shape index (κ3) is 4.40. The Labute approximate surface area is 154 Å². The van der Waals surface area contributed by atoms with E-state index in [2.05, 4.69) is 20.3 Å². The number of pyridine rings is 2. The summed E-state index contributed by atoms with van der Waals surface area (Å²) < 4.78 is 0. The minimum Gasteiger partial charge on any atom is -0.506 e. The van der Waals surface area contributed by atoms with Crippen molar-refractivity contribution in [3.05, 3.63) is 59.0 Å². The number of carbonyl (C=O) groups is 1. The molecule has 26 heavy (non-hydrogen) atoms. The van der Waals surface area contributed by atoms with Crippen LogP contribution in [0.2, 0.25) is 0 Å². The van der Waals surface area contributed by atoms with Crippen molar-refractivity contribution in [1.82, 2.24) is 20.3 Å². The molecule has 8 heteroatoms. The van der Waals surface area contributed by atoms with Crippen LogP contribution in [0.1, 0.15) is 16.8 Å². The number of nitrogens with zero attached hydrogens (tertiary/aromatic N) is 4. The maximum Gasteiger partial charge on any atom is 0.226 e. The molecule has 0 atom stereocenters. The van der Waals surface area contributed by atoms with Gasteiger partial charge in [0.2, 0.25) is 5.91 Å². The lowest BCUT2D eigenvalue weighted by molar-refractivity contribution is -0.120. The Hall–Kier alpha value is -3.31. The molecule has 0 aliphatic heterocycles. The molecule has 3 aromatic heterocycles. The van der Waals surface area contributed by atoms with Crippen molar-refractivity contribution in [3.63, 3.8) is 0 Å². The normalized spacial score (nSPS) is 10.3. The number of aromatic nitrogens is 3. The van der Waals surface area contributed by atoms with Crippen LogP contribution in [-0.2, 0) is 17.6 Å². The van der Waals surface area contributed by atoms with Crippen LogP contribution >= 0.6 is 11.3 Å². The number of aromatic hydroxyl groups is 1. The number of nitrogens with one attached hydrogen (secondary N) is 1. The van der Waals surface area contributed by atoms with E-state index in [1.165, 1.54) is 23.6 Å². The second kappa shape index (κ2) is 8.18. The fourth-order valence-electron chi connectivity index (χ4n) is 2.30. The largest absolute Gasteiger partial charge is 0.506 e. The van der Waals surface area contributed by atoms with Gasteiger partial charge >= 0.3 is 0 Å². The van der Waals surface area contributed by atoms with E-state index in [1.807, 2.05) is 18.2 Å². The van der Waals surface area contributed by atoms with E-state index in [0.29, 0.717) is 22.9 Å². The molecule has 1 amide bonds. The summed E-state index contributed by atoms with van der Waals surface area (Å²) in [4.78, 5) is 24.4. The minimum atomic E-state index is -0.118. The zero-order valence-corrected chi connectivity index (χ0v) is 14.5. The van der Waals surface area contributed by atoms with Gasteiger partial charge < -0.3 is 10.4 Å². The summed E-state index contributed by atoms with van der Waals surface area (Å²) in [6.45, 7) is 0.539. The summed E-state index contributed by atoms with van der Waals surface area (Å²) in [5.41, 5.74) is 2.30. The van der Waals surface area contributed by atoms with Crippen LogP contribution in [0.15, 0.2) is 42.2 Å². The van der Waals surface area contributed by atoms with Gasteiger partial charge in [-0.15, -0.1) is 11.3 Å². The van der Waals surface area contributed by atoms with Crippen LogP contribution in [0, 0.1) is 11.3 Å². The summed E-state index contributed by atoms with van der Waals surface area (Å²) >= 11 is 1.29. The van der Waals surface area contributed by atoms with Crippen LogP contribution < -0.4 is 5.32 Å². The molecule has 0 saturated carbocycles. The van der Waals surface area contributed by atoms with Gasteiger partial charge in [-0.05, 0) is 24.1 Å². The van der Waals surface area contributed by atoms with Crippen molar-refractivity contribution in [2.75, 3.05) is 6.54 Å². The molecule has 0 saturated heterocycles. The molecule has 0 fully saturated rings. The maximum atomic E-state index is 12.0. The molecule has 2 N–H and O–H groups in total. The van der Waals surface area contributed by atoms with E-state index < -0.39 is 0 Å². The van der Waals surface area contributed by atoms with Crippen molar-refractivity contribution in [3.8, 4) is 22.5 Å². The first-order valence-corrected chi connectivity index (χ1v) is 8.73. The van der Waals surface area contributed by atoms with E-state index >= 15 is 0 Å². The summed E-state index contributed by atoms with van der Waals surface area (Å²) in [5, 5.41) is 23.9. The van der Waals surface area contributed by atoms with Crippen molar-refractivity contribution in [1.29, 1.82) is 5.26 Å². The van der Waals surface area contributed by atoms with Gasteiger partial charge in [-0.25, -0.2) is 9.97 Å². The highest BCUT2D eigenvalue weighted by Gasteiger charge is 2.13. The molecule has 0 unspecified atom stereocenters. The number of thiazole rings is 1. The second-order valence-electron chi connectivity index (χ2n) is 5.48. The van der Waals surface area contributed by atoms with Gasteiger partial charge in [0.1, 0.15) is 22.5 Å². The fourth-order valence-corrected chi connectivity index (χ4v) is 3.12. The molecule has 130 valence electrons. The molecular weight excluding hydrogens is 350 g/mol. The first kappa shape index (κ1) is 17.5. The smallest absolute Gasteiger partial charge is 0.226 e. The third-order valence-corrected chi connectivity index (χ3v) is 4.48. The van der Waals surface area contributed by atoms with Crippen molar-refractivity contribution >= 4 is 17.2 Å². The van der Waals surface area contributed by atoms with Gasteiger partial charge in [0.25, 0.3) is 0 Å². The monoisotopic (exact) mass is 365 g/mol. The fraction of sp³-hybridized carbons (Fsp3) is 0.167. The maximum absolute atomic E-state index is 12.0. The SMILES string of the molecule is N#Cc1cnc(-c2nc(CC(=O)NCCc3ccncc3)cs2)c(O)c1. The molecule has 3 aromatic rings. The topological polar surface area (TPSA) is 112 Å².